The summed E-state index contributed by atoms with van der Waals surface area (Å²) in [4.78, 5) is 23.7. The van der Waals surface area contributed by atoms with E-state index in [0.29, 0.717) is 13.0 Å². The maximum absolute atomic E-state index is 12.0. The first-order valence-corrected chi connectivity index (χ1v) is 6.33. The molecule has 0 spiro atoms. The van der Waals surface area contributed by atoms with Crippen molar-refractivity contribution in [2.24, 2.45) is 5.92 Å². The third-order valence-electron chi connectivity index (χ3n) is 2.87. The van der Waals surface area contributed by atoms with Crippen molar-refractivity contribution in [3.05, 3.63) is 35.4 Å². The van der Waals surface area contributed by atoms with Gasteiger partial charge in [0, 0.05) is 6.42 Å². The predicted octanol–water partition coefficient (Wildman–Crippen LogP) is 2.70. The molecular formula is C15H20O3. The molecule has 1 unspecified atom stereocenters. The molecule has 0 heterocycles. The minimum atomic E-state index is -0.633. The van der Waals surface area contributed by atoms with Gasteiger partial charge in [-0.15, -0.1) is 0 Å². The lowest BCUT2D eigenvalue weighted by Crippen LogP contribution is -2.27. The molecule has 3 nitrogen and oxygen atoms in total. The van der Waals surface area contributed by atoms with Crippen LogP contribution in [0.1, 0.15) is 31.4 Å². The summed E-state index contributed by atoms with van der Waals surface area (Å²) >= 11 is 0. The van der Waals surface area contributed by atoms with Gasteiger partial charge in [-0.25, -0.2) is 0 Å². The molecule has 18 heavy (non-hydrogen) atoms. The number of hydrogen-bond donors (Lipinski definition) is 0. The van der Waals surface area contributed by atoms with E-state index >= 15 is 0 Å². The summed E-state index contributed by atoms with van der Waals surface area (Å²) in [5, 5.41) is 0. The number of carbonyl (C=O) groups is 2. The molecule has 0 aliphatic rings. The van der Waals surface area contributed by atoms with Crippen LogP contribution in [0.2, 0.25) is 0 Å². The Hall–Kier alpha value is -1.64. The smallest absolute Gasteiger partial charge is 0.316 e. The Morgan fingerprint density at radius 3 is 2.28 bits per heavy atom. The molecule has 0 aromatic heterocycles. The number of aryl methyl sites for hydroxylation is 1. The van der Waals surface area contributed by atoms with Crippen molar-refractivity contribution in [3.63, 3.8) is 0 Å². The molecule has 0 bridgehead atoms. The normalized spacial score (nSPS) is 11.9. The number of ketones is 1. The van der Waals surface area contributed by atoms with Gasteiger partial charge < -0.3 is 4.74 Å². The van der Waals surface area contributed by atoms with Gasteiger partial charge in [0.05, 0.1) is 6.61 Å². The van der Waals surface area contributed by atoms with Crippen LogP contribution in [0.15, 0.2) is 24.3 Å². The van der Waals surface area contributed by atoms with Gasteiger partial charge >= 0.3 is 5.97 Å². The van der Waals surface area contributed by atoms with Crippen molar-refractivity contribution in [3.8, 4) is 0 Å². The zero-order valence-corrected chi connectivity index (χ0v) is 11.2. The third kappa shape index (κ3) is 3.99. The molecule has 1 aromatic rings. The number of benzene rings is 1. The number of carbonyl (C=O) groups excluding carboxylic acids is 2. The fourth-order valence-corrected chi connectivity index (χ4v) is 1.80. The number of rotatable bonds is 6. The lowest BCUT2D eigenvalue weighted by molar-refractivity contribution is -0.151. The molecule has 0 fully saturated rings. The van der Waals surface area contributed by atoms with Crippen LogP contribution in [0.4, 0.5) is 0 Å². The molecule has 3 heteroatoms. The quantitative estimate of drug-likeness (QED) is 0.574. The Kier molecular flexibility index (Phi) is 5.56. The standard InChI is InChI=1S/C15H20O3/c1-4-13(15(17)18-5-2)14(16)10-12-8-6-11(3)7-9-12/h6-9,13H,4-5,10H2,1-3H3. The highest BCUT2D eigenvalue weighted by Gasteiger charge is 2.25. The second-order valence-electron chi connectivity index (χ2n) is 4.34. The van der Waals surface area contributed by atoms with Crippen molar-refractivity contribution in [2.75, 3.05) is 6.61 Å². The van der Waals surface area contributed by atoms with E-state index in [0.717, 1.165) is 11.1 Å². The van der Waals surface area contributed by atoms with Crippen LogP contribution >= 0.6 is 0 Å². The van der Waals surface area contributed by atoms with Crippen molar-refractivity contribution in [1.29, 1.82) is 0 Å². The second kappa shape index (κ2) is 6.94. The highest BCUT2D eigenvalue weighted by Crippen LogP contribution is 2.12. The predicted molar refractivity (Wildman–Crippen MR) is 70.3 cm³/mol. The molecule has 0 amide bonds. The van der Waals surface area contributed by atoms with Crippen LogP contribution in [0, 0.1) is 12.8 Å². The molecule has 0 saturated carbocycles. The maximum Gasteiger partial charge on any atom is 0.316 e. The van der Waals surface area contributed by atoms with Gasteiger partial charge in [-0.3, -0.25) is 9.59 Å². The van der Waals surface area contributed by atoms with E-state index in [4.69, 9.17) is 4.74 Å². The van der Waals surface area contributed by atoms with E-state index in [2.05, 4.69) is 0 Å². The Morgan fingerprint density at radius 2 is 1.78 bits per heavy atom. The third-order valence-corrected chi connectivity index (χ3v) is 2.87. The van der Waals surface area contributed by atoms with E-state index in [1.54, 1.807) is 6.92 Å². The molecule has 0 aliphatic heterocycles. The lowest BCUT2D eigenvalue weighted by atomic mass is 9.95. The Bertz CT molecular complexity index is 406. The van der Waals surface area contributed by atoms with Crippen LogP contribution in [-0.2, 0) is 20.7 Å². The van der Waals surface area contributed by atoms with Crippen molar-refractivity contribution in [1.82, 2.24) is 0 Å². The van der Waals surface area contributed by atoms with Gasteiger partial charge in [0.25, 0.3) is 0 Å². The summed E-state index contributed by atoms with van der Waals surface area (Å²) in [6, 6.07) is 7.78. The molecule has 0 saturated heterocycles. The zero-order chi connectivity index (χ0) is 13.5. The van der Waals surface area contributed by atoms with Gasteiger partial charge in [-0.1, -0.05) is 36.8 Å². The molecule has 0 N–H and O–H groups in total. The average Bonchev–Trinajstić information content (AvgIpc) is 2.33. The molecule has 1 aromatic carbocycles. The number of Topliss-reactive ketones (excluding diaryl/α,β-unsaturated/α-hetero) is 1. The largest absolute Gasteiger partial charge is 0.465 e. The Morgan fingerprint density at radius 1 is 1.17 bits per heavy atom. The molecule has 0 aliphatic carbocycles. The first-order chi connectivity index (χ1) is 8.58. The van der Waals surface area contributed by atoms with Crippen LogP contribution in [0.25, 0.3) is 0 Å². The van der Waals surface area contributed by atoms with Crippen LogP contribution < -0.4 is 0 Å². The van der Waals surface area contributed by atoms with Crippen LogP contribution in [0.3, 0.4) is 0 Å². The van der Waals surface area contributed by atoms with Crippen molar-refractivity contribution in [2.45, 2.75) is 33.6 Å². The highest BCUT2D eigenvalue weighted by atomic mass is 16.5. The lowest BCUT2D eigenvalue weighted by Gasteiger charge is -2.12. The van der Waals surface area contributed by atoms with Crippen LogP contribution in [0.5, 0.6) is 0 Å². The van der Waals surface area contributed by atoms with E-state index in [-0.39, 0.29) is 12.2 Å². The summed E-state index contributed by atoms with van der Waals surface area (Å²) < 4.78 is 4.91. The second-order valence-corrected chi connectivity index (χ2v) is 4.34. The number of ether oxygens (including phenoxy) is 1. The summed E-state index contributed by atoms with van der Waals surface area (Å²) in [7, 11) is 0. The van der Waals surface area contributed by atoms with E-state index < -0.39 is 11.9 Å². The van der Waals surface area contributed by atoms with Gasteiger partial charge in [0.1, 0.15) is 5.92 Å². The zero-order valence-electron chi connectivity index (χ0n) is 11.2. The maximum atomic E-state index is 12.0. The monoisotopic (exact) mass is 248 g/mol. The molecule has 98 valence electrons. The highest BCUT2D eigenvalue weighted by molar-refractivity contribution is 5.99. The number of esters is 1. The first-order valence-electron chi connectivity index (χ1n) is 6.33. The topological polar surface area (TPSA) is 43.4 Å². The van der Waals surface area contributed by atoms with Gasteiger partial charge in [-0.05, 0) is 25.8 Å². The fraction of sp³-hybridized carbons (Fsp3) is 0.467. The van der Waals surface area contributed by atoms with Gasteiger partial charge in [-0.2, -0.15) is 0 Å². The summed E-state index contributed by atoms with van der Waals surface area (Å²) in [6.45, 7) is 5.88. The van der Waals surface area contributed by atoms with E-state index in [1.807, 2.05) is 38.1 Å². The first kappa shape index (κ1) is 14.4. The van der Waals surface area contributed by atoms with Crippen molar-refractivity contribution >= 4 is 11.8 Å². The van der Waals surface area contributed by atoms with E-state index in [1.165, 1.54) is 0 Å². The Balaban J connectivity index is 2.67. The number of hydrogen-bond acceptors (Lipinski definition) is 3. The fourth-order valence-electron chi connectivity index (χ4n) is 1.80. The summed E-state index contributed by atoms with van der Waals surface area (Å²) in [5.41, 5.74) is 2.09. The van der Waals surface area contributed by atoms with E-state index in [9.17, 15) is 9.59 Å². The van der Waals surface area contributed by atoms with Crippen molar-refractivity contribution < 1.29 is 14.3 Å². The van der Waals surface area contributed by atoms with Gasteiger partial charge in [0.2, 0.25) is 0 Å². The average molecular weight is 248 g/mol. The summed E-state index contributed by atoms with van der Waals surface area (Å²) in [6.07, 6.45) is 0.779. The molecule has 1 rings (SSSR count). The SMILES string of the molecule is CCOC(=O)C(CC)C(=O)Cc1ccc(C)cc1. The summed E-state index contributed by atoms with van der Waals surface area (Å²) in [5.74, 6) is -1.11. The van der Waals surface area contributed by atoms with Gasteiger partial charge in [0.15, 0.2) is 5.78 Å². The Labute approximate surface area is 108 Å². The minimum absolute atomic E-state index is 0.0696. The molecular weight excluding hydrogens is 228 g/mol. The van der Waals surface area contributed by atoms with Crippen LogP contribution in [-0.4, -0.2) is 18.4 Å². The molecule has 0 radical (unpaired) electrons. The molecule has 1 atom stereocenters. The minimum Gasteiger partial charge on any atom is -0.465 e.